The largest absolute Gasteiger partial charge is 0.367 e. The quantitative estimate of drug-likeness (QED) is 0.837. The highest BCUT2D eigenvalue weighted by Gasteiger charge is 2.12. The highest BCUT2D eigenvalue weighted by Crippen LogP contribution is 2.21. The van der Waals surface area contributed by atoms with Crippen LogP contribution in [0.2, 0.25) is 5.02 Å². The molecule has 0 aliphatic heterocycles. The third kappa shape index (κ3) is 3.30. The molecule has 0 aliphatic carbocycles. The van der Waals surface area contributed by atoms with Crippen LogP contribution in [0.25, 0.3) is 0 Å². The summed E-state index contributed by atoms with van der Waals surface area (Å²) >= 11 is 6.07. The first-order valence-electron chi connectivity index (χ1n) is 6.31. The second kappa shape index (κ2) is 6.09. The van der Waals surface area contributed by atoms with Crippen LogP contribution in [-0.2, 0) is 13.6 Å². The Morgan fingerprint density at radius 3 is 2.38 bits per heavy atom. The molecule has 0 aliphatic rings. The monoisotopic (exact) mass is 308 g/mol. The van der Waals surface area contributed by atoms with Crippen LogP contribution in [-0.4, -0.2) is 40.9 Å². The summed E-state index contributed by atoms with van der Waals surface area (Å²) in [6, 6.07) is 0. The van der Waals surface area contributed by atoms with Gasteiger partial charge in [-0.2, -0.15) is 5.10 Å². The van der Waals surface area contributed by atoms with Crippen molar-refractivity contribution in [2.75, 3.05) is 30.9 Å². The van der Waals surface area contributed by atoms with Crippen molar-refractivity contribution in [3.05, 3.63) is 39.5 Å². The minimum atomic E-state index is -0.319. The van der Waals surface area contributed by atoms with E-state index in [0.717, 1.165) is 5.56 Å². The Hall–Kier alpha value is -2.15. The van der Waals surface area contributed by atoms with E-state index in [1.54, 1.807) is 25.6 Å². The van der Waals surface area contributed by atoms with Crippen LogP contribution in [0.3, 0.4) is 0 Å². The van der Waals surface area contributed by atoms with Gasteiger partial charge < -0.3 is 9.80 Å². The molecule has 0 aromatic carbocycles. The zero-order valence-electron chi connectivity index (χ0n) is 12.4. The van der Waals surface area contributed by atoms with Crippen molar-refractivity contribution in [1.82, 2.24) is 19.7 Å². The molecule has 0 spiro atoms. The molecule has 0 fully saturated rings. The van der Waals surface area contributed by atoms with Gasteiger partial charge in [-0.3, -0.25) is 4.79 Å². The number of aromatic nitrogens is 4. The third-order valence-corrected chi connectivity index (χ3v) is 3.34. The predicted molar refractivity (Wildman–Crippen MR) is 83.0 cm³/mol. The van der Waals surface area contributed by atoms with Crippen LogP contribution in [0.5, 0.6) is 0 Å². The van der Waals surface area contributed by atoms with Gasteiger partial charge >= 0.3 is 0 Å². The van der Waals surface area contributed by atoms with Crippen molar-refractivity contribution in [2.24, 2.45) is 7.05 Å². The van der Waals surface area contributed by atoms with E-state index in [1.807, 2.05) is 30.9 Å². The summed E-state index contributed by atoms with van der Waals surface area (Å²) in [4.78, 5) is 23.9. The van der Waals surface area contributed by atoms with Gasteiger partial charge in [0.05, 0.1) is 11.9 Å². The molecule has 8 heteroatoms. The van der Waals surface area contributed by atoms with Crippen LogP contribution >= 0.6 is 11.6 Å². The van der Waals surface area contributed by atoms with Gasteiger partial charge in [0.25, 0.3) is 5.56 Å². The lowest BCUT2D eigenvalue weighted by Crippen LogP contribution is -2.25. The molecule has 0 saturated carbocycles. The van der Waals surface area contributed by atoms with Crippen molar-refractivity contribution in [2.45, 2.75) is 6.54 Å². The summed E-state index contributed by atoms with van der Waals surface area (Å²) in [5.74, 6) is 0.648. The maximum Gasteiger partial charge on any atom is 0.287 e. The molecule has 2 aromatic rings. The van der Waals surface area contributed by atoms with Gasteiger partial charge in [-0.1, -0.05) is 11.6 Å². The number of hydrogen-bond donors (Lipinski definition) is 0. The predicted octanol–water partition coefficient (Wildman–Crippen LogP) is 0.926. The second-order valence-corrected chi connectivity index (χ2v) is 5.29. The molecule has 0 amide bonds. The fourth-order valence-electron chi connectivity index (χ4n) is 1.79. The number of halogens is 1. The van der Waals surface area contributed by atoms with Gasteiger partial charge in [-0.15, -0.1) is 0 Å². The van der Waals surface area contributed by atoms with Crippen LogP contribution < -0.4 is 15.4 Å². The molecule has 0 saturated heterocycles. The first-order valence-corrected chi connectivity index (χ1v) is 6.69. The average Bonchev–Trinajstić information content (AvgIpc) is 2.45. The number of nitrogens with zero attached hydrogens (tertiary/aromatic N) is 6. The highest BCUT2D eigenvalue weighted by atomic mass is 35.5. The van der Waals surface area contributed by atoms with Crippen molar-refractivity contribution in [3.63, 3.8) is 0 Å². The number of aryl methyl sites for hydroxylation is 1. The Bertz CT molecular complexity index is 682. The summed E-state index contributed by atoms with van der Waals surface area (Å²) in [5, 5.41) is 4.13. The molecule has 2 rings (SSSR count). The lowest BCUT2D eigenvalue weighted by atomic mass is 10.3. The highest BCUT2D eigenvalue weighted by molar-refractivity contribution is 6.32. The number of anilines is 2. The Morgan fingerprint density at radius 2 is 1.81 bits per heavy atom. The van der Waals surface area contributed by atoms with Gasteiger partial charge in [0.1, 0.15) is 5.02 Å². The van der Waals surface area contributed by atoms with Crippen molar-refractivity contribution in [3.8, 4) is 0 Å². The normalized spacial score (nSPS) is 10.5. The Labute approximate surface area is 127 Å². The standard InChI is InChI=1S/C13H17ClN6O/c1-18(2)13-15-5-9(6-16-13)8-19(3)10-7-17-20(4)12(21)11(10)14/h5-7H,8H2,1-4H3. The van der Waals surface area contributed by atoms with Gasteiger partial charge in [0, 0.05) is 52.7 Å². The fourth-order valence-corrected chi connectivity index (χ4v) is 2.10. The molecule has 0 radical (unpaired) electrons. The minimum absolute atomic E-state index is 0.154. The van der Waals surface area contributed by atoms with E-state index in [-0.39, 0.29) is 10.6 Å². The summed E-state index contributed by atoms with van der Waals surface area (Å²) in [6.07, 6.45) is 5.07. The molecule has 0 bridgehead atoms. The first-order chi connectivity index (χ1) is 9.90. The maximum atomic E-state index is 11.8. The van der Waals surface area contributed by atoms with E-state index in [0.29, 0.717) is 18.2 Å². The zero-order valence-corrected chi connectivity index (χ0v) is 13.2. The zero-order chi connectivity index (χ0) is 15.6. The van der Waals surface area contributed by atoms with Crippen LogP contribution in [0.4, 0.5) is 11.6 Å². The van der Waals surface area contributed by atoms with Crippen molar-refractivity contribution < 1.29 is 0 Å². The average molecular weight is 309 g/mol. The lowest BCUT2D eigenvalue weighted by molar-refractivity contribution is 0.703. The molecule has 0 atom stereocenters. The van der Waals surface area contributed by atoms with E-state index >= 15 is 0 Å². The third-order valence-electron chi connectivity index (χ3n) is 2.98. The molecule has 21 heavy (non-hydrogen) atoms. The van der Waals surface area contributed by atoms with Crippen LogP contribution in [0.15, 0.2) is 23.4 Å². The fraction of sp³-hybridized carbons (Fsp3) is 0.385. The van der Waals surface area contributed by atoms with Gasteiger partial charge in [0.15, 0.2) is 0 Å². The number of rotatable bonds is 4. The maximum absolute atomic E-state index is 11.8. The Balaban J connectivity index is 2.20. The smallest absolute Gasteiger partial charge is 0.287 e. The van der Waals surface area contributed by atoms with Gasteiger partial charge in [-0.25, -0.2) is 14.6 Å². The molecule has 2 aromatic heterocycles. The Morgan fingerprint density at radius 1 is 1.19 bits per heavy atom. The molecular weight excluding hydrogens is 292 g/mol. The molecule has 0 unspecified atom stereocenters. The van der Waals surface area contributed by atoms with Crippen LogP contribution in [0, 0.1) is 0 Å². The summed E-state index contributed by atoms with van der Waals surface area (Å²) in [5.41, 5.74) is 1.18. The molecular formula is C13H17ClN6O. The molecule has 7 nitrogen and oxygen atoms in total. The molecule has 0 N–H and O–H groups in total. The summed E-state index contributed by atoms with van der Waals surface area (Å²) < 4.78 is 1.20. The lowest BCUT2D eigenvalue weighted by Gasteiger charge is -2.20. The Kier molecular flexibility index (Phi) is 4.42. The molecule has 112 valence electrons. The van der Waals surface area contributed by atoms with E-state index in [2.05, 4.69) is 15.1 Å². The van der Waals surface area contributed by atoms with Crippen molar-refractivity contribution >= 4 is 23.2 Å². The van der Waals surface area contributed by atoms with E-state index in [4.69, 9.17) is 11.6 Å². The SMILES string of the molecule is CN(C)c1ncc(CN(C)c2cnn(C)c(=O)c2Cl)cn1. The minimum Gasteiger partial charge on any atom is -0.367 e. The summed E-state index contributed by atoms with van der Waals surface area (Å²) in [7, 11) is 7.16. The van der Waals surface area contributed by atoms with E-state index in [9.17, 15) is 4.79 Å². The van der Waals surface area contributed by atoms with E-state index in [1.165, 1.54) is 4.68 Å². The van der Waals surface area contributed by atoms with Gasteiger partial charge in [-0.05, 0) is 0 Å². The van der Waals surface area contributed by atoms with Crippen LogP contribution in [0.1, 0.15) is 5.56 Å². The first kappa shape index (κ1) is 15.2. The number of hydrogen-bond acceptors (Lipinski definition) is 6. The van der Waals surface area contributed by atoms with Gasteiger partial charge in [0.2, 0.25) is 5.95 Å². The van der Waals surface area contributed by atoms with E-state index < -0.39 is 0 Å². The second-order valence-electron chi connectivity index (χ2n) is 4.91. The van der Waals surface area contributed by atoms with Crippen molar-refractivity contribution in [1.29, 1.82) is 0 Å². The topological polar surface area (TPSA) is 67.2 Å². The summed E-state index contributed by atoms with van der Waals surface area (Å²) in [6.45, 7) is 0.530. The molecule has 2 heterocycles.